The first-order chi connectivity index (χ1) is 8.52. The lowest BCUT2D eigenvalue weighted by atomic mass is 10.2. The molecule has 0 aliphatic rings. The molecule has 0 spiro atoms. The number of H-pyrrole nitrogens is 1. The van der Waals surface area contributed by atoms with Crippen LogP contribution in [-0.2, 0) is 6.54 Å². The minimum absolute atomic E-state index is 0.546. The lowest BCUT2D eigenvalue weighted by Gasteiger charge is -2.11. The first-order valence-electron chi connectivity index (χ1n) is 5.59. The number of benzene rings is 1. The van der Waals surface area contributed by atoms with E-state index in [9.17, 15) is 0 Å². The number of thioether (sulfide) groups is 1. The molecular weight excluding hydrogens is 307 g/mol. The van der Waals surface area contributed by atoms with Gasteiger partial charge in [0, 0.05) is 6.54 Å². The molecule has 2 aromatic rings. The molecule has 2 nitrogen and oxygen atoms in total. The second-order valence-corrected chi connectivity index (χ2v) is 6.50. The number of fused-ring (bicyclic) bond motifs is 1. The third-order valence-corrected chi connectivity index (χ3v) is 4.71. The number of aromatic nitrogens is 2. The molecule has 1 aromatic carbocycles. The molecule has 2 rings (SSSR count). The van der Waals surface area contributed by atoms with Crippen molar-refractivity contribution in [1.82, 2.24) is 9.55 Å². The molecular formula is C12H14Cl2N2S2. The molecule has 1 aromatic heterocycles. The van der Waals surface area contributed by atoms with Crippen LogP contribution in [0.1, 0.15) is 6.92 Å². The van der Waals surface area contributed by atoms with Crippen LogP contribution in [0.2, 0.25) is 10.0 Å². The number of rotatable bonds is 4. The van der Waals surface area contributed by atoms with Gasteiger partial charge in [-0.2, -0.15) is 11.8 Å². The molecule has 18 heavy (non-hydrogen) atoms. The van der Waals surface area contributed by atoms with Crippen molar-refractivity contribution in [1.29, 1.82) is 0 Å². The number of aromatic amines is 1. The molecule has 0 aliphatic carbocycles. The van der Waals surface area contributed by atoms with Crippen LogP contribution < -0.4 is 0 Å². The molecule has 0 saturated carbocycles. The van der Waals surface area contributed by atoms with Gasteiger partial charge in [-0.25, -0.2) is 0 Å². The van der Waals surface area contributed by atoms with Crippen LogP contribution in [0.3, 0.4) is 0 Å². The van der Waals surface area contributed by atoms with Gasteiger partial charge in [0.05, 0.1) is 21.1 Å². The van der Waals surface area contributed by atoms with E-state index in [1.54, 1.807) is 0 Å². The van der Waals surface area contributed by atoms with E-state index >= 15 is 0 Å². The highest BCUT2D eigenvalue weighted by molar-refractivity contribution is 7.98. The molecule has 0 saturated heterocycles. The van der Waals surface area contributed by atoms with Crippen molar-refractivity contribution in [2.45, 2.75) is 13.5 Å². The van der Waals surface area contributed by atoms with E-state index in [1.807, 2.05) is 23.9 Å². The topological polar surface area (TPSA) is 20.7 Å². The molecule has 0 fully saturated rings. The molecule has 6 heteroatoms. The summed E-state index contributed by atoms with van der Waals surface area (Å²) in [7, 11) is 0. The Bertz CT molecular complexity index is 618. The SMILES string of the molecule is CSCC(C)Cn1c(=S)[nH]c2cc(Cl)c(Cl)cc21. The Morgan fingerprint density at radius 3 is 2.72 bits per heavy atom. The molecule has 1 N–H and O–H groups in total. The van der Waals surface area contributed by atoms with Gasteiger partial charge in [-0.3, -0.25) is 0 Å². The summed E-state index contributed by atoms with van der Waals surface area (Å²) in [6.45, 7) is 3.10. The van der Waals surface area contributed by atoms with E-state index in [4.69, 9.17) is 35.4 Å². The Labute approximate surface area is 126 Å². The summed E-state index contributed by atoms with van der Waals surface area (Å²) in [5.41, 5.74) is 1.95. The van der Waals surface area contributed by atoms with Crippen molar-refractivity contribution in [3.8, 4) is 0 Å². The predicted molar refractivity (Wildman–Crippen MR) is 84.7 cm³/mol. The van der Waals surface area contributed by atoms with Crippen molar-refractivity contribution in [2.75, 3.05) is 12.0 Å². The molecule has 1 unspecified atom stereocenters. The fraction of sp³-hybridized carbons (Fsp3) is 0.417. The van der Waals surface area contributed by atoms with Crippen LogP contribution in [0, 0.1) is 10.7 Å². The summed E-state index contributed by atoms with van der Waals surface area (Å²) in [6, 6.07) is 3.70. The quantitative estimate of drug-likeness (QED) is 0.800. The van der Waals surface area contributed by atoms with Crippen LogP contribution in [0.25, 0.3) is 11.0 Å². The van der Waals surface area contributed by atoms with E-state index in [2.05, 4.69) is 22.7 Å². The van der Waals surface area contributed by atoms with E-state index in [-0.39, 0.29) is 0 Å². The zero-order valence-electron chi connectivity index (χ0n) is 10.2. The minimum atomic E-state index is 0.546. The molecule has 0 radical (unpaired) electrons. The second kappa shape index (κ2) is 5.87. The summed E-state index contributed by atoms with van der Waals surface area (Å²) in [6.07, 6.45) is 2.11. The Morgan fingerprint density at radius 1 is 1.39 bits per heavy atom. The first-order valence-corrected chi connectivity index (χ1v) is 8.15. The summed E-state index contributed by atoms with van der Waals surface area (Å²) >= 11 is 19.3. The fourth-order valence-electron chi connectivity index (χ4n) is 1.98. The van der Waals surface area contributed by atoms with E-state index in [1.165, 1.54) is 0 Å². The standard InChI is InChI=1S/C12H14Cl2N2S2/c1-7(6-18-2)5-16-11-4-9(14)8(13)3-10(11)15-12(16)17/h3-4,7H,5-6H2,1-2H3,(H,15,17). The monoisotopic (exact) mass is 320 g/mol. The zero-order chi connectivity index (χ0) is 13.3. The normalized spacial score (nSPS) is 13.1. The lowest BCUT2D eigenvalue weighted by molar-refractivity contribution is 0.537. The van der Waals surface area contributed by atoms with Crippen LogP contribution in [0.4, 0.5) is 0 Å². The number of imidazole rings is 1. The maximum atomic E-state index is 6.07. The van der Waals surface area contributed by atoms with Crippen LogP contribution in [0.15, 0.2) is 12.1 Å². The van der Waals surface area contributed by atoms with Gasteiger partial charge >= 0.3 is 0 Å². The average molecular weight is 321 g/mol. The molecule has 1 atom stereocenters. The van der Waals surface area contributed by atoms with Gasteiger partial charge in [-0.15, -0.1) is 0 Å². The number of hydrogen-bond acceptors (Lipinski definition) is 2. The molecule has 1 heterocycles. The lowest BCUT2D eigenvalue weighted by Crippen LogP contribution is -2.09. The van der Waals surface area contributed by atoms with Crippen LogP contribution in [0.5, 0.6) is 0 Å². The van der Waals surface area contributed by atoms with Gasteiger partial charge in [-0.05, 0) is 42.3 Å². The van der Waals surface area contributed by atoms with Gasteiger partial charge < -0.3 is 9.55 Å². The van der Waals surface area contributed by atoms with Crippen molar-refractivity contribution < 1.29 is 0 Å². The Balaban J connectivity index is 2.47. The van der Waals surface area contributed by atoms with Crippen molar-refractivity contribution in [3.63, 3.8) is 0 Å². The summed E-state index contributed by atoms with van der Waals surface area (Å²) in [5, 5.41) is 1.11. The Kier molecular flexibility index (Phi) is 4.64. The molecule has 0 aliphatic heterocycles. The fourth-order valence-corrected chi connectivity index (χ4v) is 3.26. The maximum Gasteiger partial charge on any atom is 0.178 e. The van der Waals surface area contributed by atoms with Gasteiger partial charge in [0.2, 0.25) is 0 Å². The average Bonchev–Trinajstić information content (AvgIpc) is 2.57. The number of halogens is 2. The van der Waals surface area contributed by atoms with Crippen molar-refractivity contribution in [3.05, 3.63) is 26.9 Å². The predicted octanol–water partition coefficient (Wildman–Crippen LogP) is 5.00. The van der Waals surface area contributed by atoms with Crippen LogP contribution >= 0.6 is 47.2 Å². The summed E-state index contributed by atoms with van der Waals surface area (Å²) in [5.74, 6) is 1.66. The van der Waals surface area contributed by atoms with Gasteiger partial charge in [0.15, 0.2) is 4.77 Å². The number of hydrogen-bond donors (Lipinski definition) is 1. The summed E-state index contributed by atoms with van der Waals surface area (Å²) in [4.78, 5) is 3.17. The Hall–Kier alpha value is -0.160. The number of nitrogens with one attached hydrogen (secondary N) is 1. The first kappa shape index (κ1) is 14.3. The maximum absolute atomic E-state index is 6.07. The van der Waals surface area contributed by atoms with Crippen LogP contribution in [-0.4, -0.2) is 21.6 Å². The van der Waals surface area contributed by atoms with Gasteiger partial charge in [0.25, 0.3) is 0 Å². The third kappa shape index (κ3) is 2.87. The van der Waals surface area contributed by atoms with Gasteiger partial charge in [0.1, 0.15) is 0 Å². The van der Waals surface area contributed by atoms with E-state index in [0.29, 0.717) is 16.0 Å². The van der Waals surface area contributed by atoms with E-state index in [0.717, 1.165) is 28.1 Å². The number of nitrogens with zero attached hydrogens (tertiary/aromatic N) is 1. The Morgan fingerprint density at radius 2 is 2.06 bits per heavy atom. The second-order valence-electron chi connectivity index (χ2n) is 4.38. The third-order valence-electron chi connectivity index (χ3n) is 2.76. The molecule has 98 valence electrons. The highest BCUT2D eigenvalue weighted by Gasteiger charge is 2.10. The van der Waals surface area contributed by atoms with Crippen molar-refractivity contribution in [2.24, 2.45) is 5.92 Å². The highest BCUT2D eigenvalue weighted by Crippen LogP contribution is 2.28. The van der Waals surface area contributed by atoms with Gasteiger partial charge in [-0.1, -0.05) is 30.1 Å². The largest absolute Gasteiger partial charge is 0.331 e. The smallest absolute Gasteiger partial charge is 0.178 e. The zero-order valence-corrected chi connectivity index (χ0v) is 13.3. The minimum Gasteiger partial charge on any atom is -0.331 e. The molecule has 0 amide bonds. The highest BCUT2D eigenvalue weighted by atomic mass is 35.5. The molecule has 0 bridgehead atoms. The van der Waals surface area contributed by atoms with E-state index < -0.39 is 0 Å². The summed E-state index contributed by atoms with van der Waals surface area (Å²) < 4.78 is 2.81. The van der Waals surface area contributed by atoms with Crippen molar-refractivity contribution >= 4 is 58.2 Å².